The number of ether oxygens (including phenoxy) is 1. The maximum Gasteiger partial charge on any atom is 0.255 e. The fourth-order valence-electron chi connectivity index (χ4n) is 5.03. The summed E-state index contributed by atoms with van der Waals surface area (Å²) in [7, 11) is 0. The topological polar surface area (TPSA) is 116 Å². The molecule has 0 spiro atoms. The van der Waals surface area contributed by atoms with Crippen molar-refractivity contribution in [1.82, 2.24) is 25.5 Å². The molecule has 5 rings (SSSR count). The number of hydrogen-bond acceptors (Lipinski definition) is 5. The van der Waals surface area contributed by atoms with Gasteiger partial charge in [-0.15, -0.1) is 0 Å². The lowest BCUT2D eigenvalue weighted by Crippen LogP contribution is -2.48. The fourth-order valence-corrected chi connectivity index (χ4v) is 5.03. The number of aromatic amines is 1. The average Bonchev–Trinajstić information content (AvgIpc) is 3.46. The molecule has 0 unspecified atom stereocenters. The molecule has 2 atom stereocenters. The molecule has 2 aliphatic rings. The third-order valence-corrected chi connectivity index (χ3v) is 6.76. The van der Waals surface area contributed by atoms with Gasteiger partial charge in [0.05, 0.1) is 23.1 Å². The van der Waals surface area contributed by atoms with E-state index in [9.17, 15) is 23.2 Å². The Hall–Kier alpha value is -4.02. The molecule has 37 heavy (non-hydrogen) atoms. The summed E-state index contributed by atoms with van der Waals surface area (Å²) in [6.07, 6.45) is 1.81. The highest BCUT2D eigenvalue weighted by atomic mass is 19.1. The molecular formula is C26H27F2N5O4. The number of aromatic nitrogens is 2. The fraction of sp³-hybridized carbons (Fsp3) is 0.385. The van der Waals surface area contributed by atoms with Crippen LogP contribution in [0, 0.1) is 11.6 Å². The van der Waals surface area contributed by atoms with Crippen molar-refractivity contribution in [3.63, 3.8) is 0 Å². The van der Waals surface area contributed by atoms with E-state index in [1.165, 1.54) is 24.3 Å². The van der Waals surface area contributed by atoms with E-state index in [1.54, 1.807) is 11.0 Å². The minimum Gasteiger partial charge on any atom is -0.491 e. The van der Waals surface area contributed by atoms with Crippen molar-refractivity contribution < 1.29 is 27.9 Å². The van der Waals surface area contributed by atoms with Crippen molar-refractivity contribution in [3.8, 4) is 5.75 Å². The van der Waals surface area contributed by atoms with Gasteiger partial charge in [-0.3, -0.25) is 14.4 Å². The number of nitrogens with zero attached hydrogens (tertiary/aromatic N) is 2. The molecule has 2 aliphatic heterocycles. The Kier molecular flexibility index (Phi) is 7.02. The smallest absolute Gasteiger partial charge is 0.255 e. The third-order valence-electron chi connectivity index (χ3n) is 6.76. The van der Waals surface area contributed by atoms with Crippen LogP contribution in [0.5, 0.6) is 5.75 Å². The first-order valence-corrected chi connectivity index (χ1v) is 12.3. The molecule has 2 aromatic carbocycles. The molecule has 3 N–H and O–H groups in total. The van der Waals surface area contributed by atoms with Crippen LogP contribution in [-0.2, 0) is 16.0 Å². The molecule has 11 heteroatoms. The molecule has 1 fully saturated rings. The number of nitrogens with one attached hydrogen (secondary N) is 3. The second kappa shape index (κ2) is 10.5. The highest BCUT2D eigenvalue weighted by Gasteiger charge is 2.38. The van der Waals surface area contributed by atoms with Gasteiger partial charge in [-0.1, -0.05) is 0 Å². The minimum atomic E-state index is -0.571. The number of amides is 3. The van der Waals surface area contributed by atoms with Gasteiger partial charge in [0.1, 0.15) is 29.8 Å². The van der Waals surface area contributed by atoms with Gasteiger partial charge in [0.2, 0.25) is 11.8 Å². The van der Waals surface area contributed by atoms with Gasteiger partial charge in [-0.2, -0.15) is 0 Å². The zero-order valence-corrected chi connectivity index (χ0v) is 20.1. The number of halogens is 2. The van der Waals surface area contributed by atoms with E-state index >= 15 is 0 Å². The first-order chi connectivity index (χ1) is 17.9. The summed E-state index contributed by atoms with van der Waals surface area (Å²) in [5.74, 6) is -1.03. The Balaban J connectivity index is 1.33. The quantitative estimate of drug-likeness (QED) is 0.500. The van der Waals surface area contributed by atoms with Crippen LogP contribution in [0.25, 0.3) is 11.0 Å². The first kappa shape index (κ1) is 24.7. The molecule has 194 valence electrons. The lowest BCUT2D eigenvalue weighted by molar-refractivity contribution is -0.135. The van der Waals surface area contributed by atoms with Crippen LogP contribution < -0.4 is 15.4 Å². The molecule has 0 saturated carbocycles. The summed E-state index contributed by atoms with van der Waals surface area (Å²) in [6.45, 7) is 0.464. The summed E-state index contributed by atoms with van der Waals surface area (Å²) in [4.78, 5) is 48.0. The van der Waals surface area contributed by atoms with Crippen LogP contribution in [0.4, 0.5) is 8.78 Å². The number of fused-ring (bicyclic) bond motifs is 4. The second-order valence-electron chi connectivity index (χ2n) is 9.28. The lowest BCUT2D eigenvalue weighted by atomic mass is 10.1. The third kappa shape index (κ3) is 5.55. The normalized spacial score (nSPS) is 20.5. The van der Waals surface area contributed by atoms with Crippen LogP contribution in [0.1, 0.15) is 41.9 Å². The van der Waals surface area contributed by atoms with Gasteiger partial charge in [-0.25, -0.2) is 13.8 Å². The Labute approximate surface area is 211 Å². The van der Waals surface area contributed by atoms with Crippen LogP contribution in [0.2, 0.25) is 0 Å². The second-order valence-corrected chi connectivity index (χ2v) is 9.28. The maximum absolute atomic E-state index is 13.9. The molecular weight excluding hydrogens is 484 g/mol. The SMILES string of the molecule is O=C1C[C@@H]2CC[C@H](CNC(=O)c3cc(F)ccc3OCCN1)N2C(=O)CCc1nc2ccc(F)cc2[nH]1. The number of rotatable bonds is 3. The molecule has 3 aromatic rings. The van der Waals surface area contributed by atoms with Crippen LogP contribution >= 0.6 is 0 Å². The number of carbonyl (C=O) groups is 3. The highest BCUT2D eigenvalue weighted by molar-refractivity contribution is 5.97. The zero-order valence-electron chi connectivity index (χ0n) is 20.1. The number of carbonyl (C=O) groups excluding carboxylic acids is 3. The van der Waals surface area contributed by atoms with Crippen molar-refractivity contribution in [2.75, 3.05) is 19.7 Å². The predicted octanol–water partition coefficient (Wildman–Crippen LogP) is 2.46. The molecule has 3 amide bonds. The van der Waals surface area contributed by atoms with E-state index in [4.69, 9.17) is 4.74 Å². The van der Waals surface area contributed by atoms with Crippen molar-refractivity contribution in [1.29, 1.82) is 0 Å². The van der Waals surface area contributed by atoms with Gasteiger partial charge >= 0.3 is 0 Å². The van der Waals surface area contributed by atoms with Crippen LogP contribution in [-0.4, -0.2) is 64.4 Å². The first-order valence-electron chi connectivity index (χ1n) is 12.3. The average molecular weight is 512 g/mol. The Morgan fingerprint density at radius 2 is 1.84 bits per heavy atom. The largest absolute Gasteiger partial charge is 0.491 e. The van der Waals surface area contributed by atoms with Crippen LogP contribution in [0.15, 0.2) is 36.4 Å². The number of imidazole rings is 1. The van der Waals surface area contributed by atoms with E-state index < -0.39 is 11.7 Å². The summed E-state index contributed by atoms with van der Waals surface area (Å²) < 4.78 is 33.0. The maximum atomic E-state index is 13.9. The Bertz CT molecular complexity index is 1340. The molecule has 9 nitrogen and oxygen atoms in total. The molecule has 3 heterocycles. The lowest BCUT2D eigenvalue weighted by Gasteiger charge is -2.31. The number of hydrogen-bond donors (Lipinski definition) is 3. The van der Waals surface area contributed by atoms with Crippen molar-refractivity contribution in [2.45, 2.75) is 44.2 Å². The van der Waals surface area contributed by atoms with Crippen molar-refractivity contribution in [2.24, 2.45) is 0 Å². The number of benzene rings is 2. The standard InChI is InChI=1S/C26H27F2N5O4/c27-15-2-6-22-19(11-15)26(36)30-14-18-4-3-17(13-24(34)29-9-10-37-22)33(18)25(35)8-7-23-31-20-5-1-16(28)12-21(20)32-23/h1-2,5-6,11-12,17-18H,3-4,7-10,13-14H2,(H,29,34)(H,30,36)(H,31,32)/t17-,18+/m0/s1. The van der Waals surface area contributed by atoms with Gasteiger partial charge in [-0.05, 0) is 49.2 Å². The summed E-state index contributed by atoms with van der Waals surface area (Å²) in [5.41, 5.74) is 1.22. The van der Waals surface area contributed by atoms with Crippen LogP contribution in [0.3, 0.4) is 0 Å². The van der Waals surface area contributed by atoms with E-state index in [1.807, 2.05) is 0 Å². The van der Waals surface area contributed by atoms with E-state index in [-0.39, 0.29) is 73.6 Å². The molecule has 1 saturated heterocycles. The van der Waals surface area contributed by atoms with E-state index in [0.29, 0.717) is 36.1 Å². The monoisotopic (exact) mass is 511 g/mol. The highest BCUT2D eigenvalue weighted by Crippen LogP contribution is 2.28. The molecule has 0 aliphatic carbocycles. The van der Waals surface area contributed by atoms with Crippen molar-refractivity contribution >= 4 is 28.8 Å². The zero-order chi connectivity index (χ0) is 25.9. The van der Waals surface area contributed by atoms with Crippen molar-refractivity contribution in [3.05, 3.63) is 59.4 Å². The summed E-state index contributed by atoms with van der Waals surface area (Å²) in [5, 5.41) is 5.59. The van der Waals surface area contributed by atoms with Gasteiger partial charge in [0.25, 0.3) is 5.91 Å². The summed E-state index contributed by atoms with van der Waals surface area (Å²) >= 11 is 0. The minimum absolute atomic E-state index is 0.0529. The van der Waals surface area contributed by atoms with E-state index in [0.717, 1.165) is 6.07 Å². The molecule has 1 aromatic heterocycles. The van der Waals surface area contributed by atoms with Gasteiger partial charge in [0.15, 0.2) is 0 Å². The van der Waals surface area contributed by atoms with E-state index in [2.05, 4.69) is 20.6 Å². The molecule has 2 bridgehead atoms. The number of H-pyrrole nitrogens is 1. The Morgan fingerprint density at radius 1 is 1.05 bits per heavy atom. The van der Waals surface area contributed by atoms with Gasteiger partial charge in [0, 0.05) is 37.9 Å². The number of aryl methyl sites for hydroxylation is 1. The van der Waals surface area contributed by atoms with Gasteiger partial charge < -0.3 is 25.3 Å². The Morgan fingerprint density at radius 3 is 2.70 bits per heavy atom. The predicted molar refractivity (Wildman–Crippen MR) is 130 cm³/mol. The molecule has 0 radical (unpaired) electrons. The summed E-state index contributed by atoms with van der Waals surface area (Å²) in [6, 6.07) is 7.31.